The number of hydrogen-bond donors (Lipinski definition) is 1. The van der Waals surface area contributed by atoms with Crippen LogP contribution in [-0.2, 0) is 9.59 Å². The zero-order valence-corrected chi connectivity index (χ0v) is 17.3. The zero-order chi connectivity index (χ0) is 19.9. The van der Waals surface area contributed by atoms with Crippen molar-refractivity contribution in [2.45, 2.75) is 39.0 Å². The second kappa shape index (κ2) is 9.92. The molecule has 2 aliphatic rings. The molecule has 0 aromatic heterocycles. The van der Waals surface area contributed by atoms with Crippen LogP contribution in [0.15, 0.2) is 24.3 Å². The molecule has 0 atom stereocenters. The largest absolute Gasteiger partial charge is 0.369 e. The minimum Gasteiger partial charge on any atom is -0.369 e. The zero-order valence-electron chi connectivity index (χ0n) is 17.3. The minimum absolute atomic E-state index is 0.00691. The Morgan fingerprint density at radius 2 is 1.64 bits per heavy atom. The van der Waals surface area contributed by atoms with Crippen LogP contribution in [0.1, 0.15) is 39.0 Å². The molecule has 0 unspecified atom stereocenters. The van der Waals surface area contributed by atoms with Crippen LogP contribution in [0, 0.1) is 5.92 Å². The van der Waals surface area contributed by atoms with Gasteiger partial charge in [-0.2, -0.15) is 0 Å². The predicted molar refractivity (Wildman–Crippen MR) is 114 cm³/mol. The molecule has 0 radical (unpaired) electrons. The van der Waals surface area contributed by atoms with Gasteiger partial charge in [-0.15, -0.1) is 0 Å². The highest BCUT2D eigenvalue weighted by Crippen LogP contribution is 2.23. The molecule has 1 N–H and O–H groups in total. The van der Waals surface area contributed by atoms with Gasteiger partial charge in [0.1, 0.15) is 0 Å². The SMILES string of the molecule is CCCCC(=O)N1CCC(C(=O)Nc2ccc(N3CCN(C)CC3)cc2)CC1. The predicted octanol–water partition coefficient (Wildman–Crippen LogP) is 2.81. The Hall–Kier alpha value is -2.08. The first-order chi connectivity index (χ1) is 13.6. The van der Waals surface area contributed by atoms with Crippen LogP contribution >= 0.6 is 0 Å². The molecule has 0 spiro atoms. The molecule has 2 heterocycles. The normalized spacial score (nSPS) is 18.9. The molecular formula is C22H34N4O2. The van der Waals surface area contributed by atoms with E-state index < -0.39 is 0 Å². The topological polar surface area (TPSA) is 55.9 Å². The van der Waals surface area contributed by atoms with E-state index in [9.17, 15) is 9.59 Å². The maximum atomic E-state index is 12.6. The van der Waals surface area contributed by atoms with Crippen LogP contribution < -0.4 is 10.2 Å². The molecule has 0 saturated carbocycles. The van der Waals surface area contributed by atoms with Gasteiger partial charge in [-0.1, -0.05) is 13.3 Å². The van der Waals surface area contributed by atoms with E-state index in [1.54, 1.807) is 0 Å². The standard InChI is InChI=1S/C22H34N4O2/c1-3-4-5-21(27)26-12-10-18(11-13-26)22(28)23-19-6-8-20(9-7-19)25-16-14-24(2)15-17-25/h6-9,18H,3-5,10-17H2,1-2H3,(H,23,28). The number of piperazine rings is 1. The number of likely N-dealkylation sites (tertiary alicyclic amines) is 1. The Kier molecular flexibility index (Phi) is 7.31. The fraction of sp³-hybridized carbons (Fsp3) is 0.636. The van der Waals surface area contributed by atoms with Gasteiger partial charge in [0.15, 0.2) is 0 Å². The summed E-state index contributed by atoms with van der Waals surface area (Å²) < 4.78 is 0. The highest BCUT2D eigenvalue weighted by Gasteiger charge is 2.27. The number of benzene rings is 1. The summed E-state index contributed by atoms with van der Waals surface area (Å²) in [5.41, 5.74) is 2.06. The number of piperidine rings is 1. The second-order valence-electron chi connectivity index (χ2n) is 8.09. The number of hydrogen-bond acceptors (Lipinski definition) is 4. The van der Waals surface area contributed by atoms with Gasteiger partial charge >= 0.3 is 0 Å². The quantitative estimate of drug-likeness (QED) is 0.817. The average Bonchev–Trinajstić information content (AvgIpc) is 2.73. The summed E-state index contributed by atoms with van der Waals surface area (Å²) in [7, 11) is 2.15. The number of carbonyl (C=O) groups is 2. The maximum Gasteiger partial charge on any atom is 0.227 e. The molecule has 2 fully saturated rings. The second-order valence-corrected chi connectivity index (χ2v) is 8.09. The Morgan fingerprint density at radius 1 is 1.00 bits per heavy atom. The molecule has 0 aliphatic carbocycles. The van der Waals surface area contributed by atoms with Gasteiger partial charge in [-0.05, 0) is 50.6 Å². The lowest BCUT2D eigenvalue weighted by Gasteiger charge is -2.34. The van der Waals surface area contributed by atoms with Gasteiger partial charge in [-0.25, -0.2) is 0 Å². The molecule has 154 valence electrons. The molecule has 6 nitrogen and oxygen atoms in total. The number of carbonyl (C=O) groups excluding carboxylic acids is 2. The van der Waals surface area contributed by atoms with Gasteiger partial charge in [0.25, 0.3) is 0 Å². The number of amides is 2. The highest BCUT2D eigenvalue weighted by molar-refractivity contribution is 5.93. The van der Waals surface area contributed by atoms with Crippen molar-refractivity contribution in [2.24, 2.45) is 5.92 Å². The van der Waals surface area contributed by atoms with Crippen molar-refractivity contribution >= 4 is 23.2 Å². The number of anilines is 2. The van der Waals surface area contributed by atoms with Crippen LogP contribution in [0.25, 0.3) is 0 Å². The molecule has 0 bridgehead atoms. The maximum absolute atomic E-state index is 12.6. The van der Waals surface area contributed by atoms with E-state index in [2.05, 4.69) is 41.2 Å². The van der Waals surface area contributed by atoms with E-state index in [4.69, 9.17) is 0 Å². The van der Waals surface area contributed by atoms with Crippen molar-refractivity contribution < 1.29 is 9.59 Å². The number of likely N-dealkylation sites (N-methyl/N-ethyl adjacent to an activating group) is 1. The third-order valence-electron chi connectivity index (χ3n) is 5.97. The number of nitrogens with zero attached hydrogens (tertiary/aromatic N) is 3. The van der Waals surface area contributed by atoms with Gasteiger partial charge in [0.2, 0.25) is 11.8 Å². The van der Waals surface area contributed by atoms with E-state index in [0.29, 0.717) is 19.5 Å². The van der Waals surface area contributed by atoms with E-state index in [0.717, 1.165) is 57.5 Å². The fourth-order valence-corrected chi connectivity index (χ4v) is 3.94. The summed E-state index contributed by atoms with van der Waals surface area (Å²) in [6.45, 7) is 7.74. The highest BCUT2D eigenvalue weighted by atomic mass is 16.2. The average molecular weight is 387 g/mol. The van der Waals surface area contributed by atoms with E-state index in [1.807, 2.05) is 17.0 Å². The van der Waals surface area contributed by atoms with E-state index in [1.165, 1.54) is 5.69 Å². The molecule has 2 saturated heterocycles. The summed E-state index contributed by atoms with van der Waals surface area (Å²) in [5, 5.41) is 3.06. The Morgan fingerprint density at radius 3 is 2.25 bits per heavy atom. The van der Waals surface area contributed by atoms with Crippen LogP contribution in [-0.4, -0.2) is 67.9 Å². The van der Waals surface area contributed by atoms with Gasteiger partial charge < -0.3 is 20.0 Å². The number of nitrogens with one attached hydrogen (secondary N) is 1. The summed E-state index contributed by atoms with van der Waals surface area (Å²) in [4.78, 5) is 31.4. The third kappa shape index (κ3) is 5.47. The smallest absolute Gasteiger partial charge is 0.227 e. The molecule has 2 aliphatic heterocycles. The summed E-state index contributed by atoms with van der Waals surface area (Å²) in [5.74, 6) is 0.306. The van der Waals surface area contributed by atoms with Gasteiger partial charge in [0.05, 0.1) is 0 Å². The Labute approximate surface area is 168 Å². The molecule has 2 amide bonds. The third-order valence-corrected chi connectivity index (χ3v) is 5.97. The molecule has 1 aromatic carbocycles. The Balaban J connectivity index is 1.45. The van der Waals surface area contributed by atoms with Crippen molar-refractivity contribution in [3.05, 3.63) is 24.3 Å². The van der Waals surface area contributed by atoms with Crippen molar-refractivity contribution in [1.29, 1.82) is 0 Å². The fourth-order valence-electron chi connectivity index (χ4n) is 3.94. The number of unbranched alkanes of at least 4 members (excludes halogenated alkanes) is 1. The van der Waals surface area contributed by atoms with Gasteiger partial charge in [-0.3, -0.25) is 9.59 Å². The lowest BCUT2D eigenvalue weighted by Crippen LogP contribution is -2.44. The monoisotopic (exact) mass is 386 g/mol. The molecular weight excluding hydrogens is 352 g/mol. The van der Waals surface area contributed by atoms with Crippen molar-refractivity contribution in [1.82, 2.24) is 9.80 Å². The van der Waals surface area contributed by atoms with Gasteiger partial charge in [0, 0.05) is 63.0 Å². The van der Waals surface area contributed by atoms with Crippen molar-refractivity contribution in [3.8, 4) is 0 Å². The summed E-state index contributed by atoms with van der Waals surface area (Å²) >= 11 is 0. The lowest BCUT2D eigenvalue weighted by atomic mass is 9.95. The first kappa shape index (κ1) is 20.6. The number of rotatable bonds is 6. The van der Waals surface area contributed by atoms with Crippen LogP contribution in [0.3, 0.4) is 0 Å². The minimum atomic E-state index is -0.00691. The van der Waals surface area contributed by atoms with Crippen LogP contribution in [0.4, 0.5) is 11.4 Å². The van der Waals surface area contributed by atoms with Crippen molar-refractivity contribution in [3.63, 3.8) is 0 Å². The molecule has 28 heavy (non-hydrogen) atoms. The molecule has 6 heteroatoms. The lowest BCUT2D eigenvalue weighted by molar-refractivity contribution is -0.134. The van der Waals surface area contributed by atoms with Crippen LogP contribution in [0.5, 0.6) is 0 Å². The summed E-state index contributed by atoms with van der Waals surface area (Å²) in [6.07, 6.45) is 4.13. The van der Waals surface area contributed by atoms with Crippen molar-refractivity contribution in [2.75, 3.05) is 56.5 Å². The van der Waals surface area contributed by atoms with E-state index in [-0.39, 0.29) is 17.7 Å². The van der Waals surface area contributed by atoms with E-state index >= 15 is 0 Å². The molecule has 1 aromatic rings. The molecule has 3 rings (SSSR count). The van der Waals surface area contributed by atoms with Crippen LogP contribution in [0.2, 0.25) is 0 Å². The first-order valence-corrected chi connectivity index (χ1v) is 10.7. The first-order valence-electron chi connectivity index (χ1n) is 10.7. The summed E-state index contributed by atoms with van der Waals surface area (Å²) in [6, 6.07) is 8.18. The Bertz CT molecular complexity index is 645.